The third-order valence-electron chi connectivity index (χ3n) is 2.81. The highest BCUT2D eigenvalue weighted by molar-refractivity contribution is 9.10. The summed E-state index contributed by atoms with van der Waals surface area (Å²) in [6, 6.07) is 2.39. The van der Waals surface area contributed by atoms with Crippen molar-refractivity contribution in [1.82, 2.24) is 14.8 Å². The van der Waals surface area contributed by atoms with Gasteiger partial charge in [0.25, 0.3) is 0 Å². The molecule has 2 rings (SSSR count). The SMILES string of the molecule is CC(C)(C)n1c(CN)nnc1-c1c(F)cc(Br)cc1F. The number of nitrogens with two attached hydrogens (primary N) is 1. The molecule has 2 N–H and O–H groups in total. The minimum absolute atomic E-state index is 0.139. The molecule has 0 aliphatic carbocycles. The Bertz CT molecular complexity index is 623. The second-order valence-corrected chi connectivity index (χ2v) is 6.31. The summed E-state index contributed by atoms with van der Waals surface area (Å²) in [5.74, 6) is -0.772. The van der Waals surface area contributed by atoms with E-state index in [-0.39, 0.29) is 17.9 Å². The maximum absolute atomic E-state index is 14.1. The van der Waals surface area contributed by atoms with Gasteiger partial charge in [-0.1, -0.05) is 15.9 Å². The molecule has 0 atom stereocenters. The van der Waals surface area contributed by atoms with Gasteiger partial charge < -0.3 is 10.3 Å². The molecular weight excluding hydrogens is 330 g/mol. The van der Waals surface area contributed by atoms with Gasteiger partial charge >= 0.3 is 0 Å². The molecule has 7 heteroatoms. The van der Waals surface area contributed by atoms with E-state index in [0.717, 1.165) is 0 Å². The molecule has 2 aromatic rings. The molecule has 4 nitrogen and oxygen atoms in total. The lowest BCUT2D eigenvalue weighted by Crippen LogP contribution is -2.26. The molecular formula is C13H15BrF2N4. The zero-order chi connectivity index (χ0) is 15.1. The zero-order valence-electron chi connectivity index (χ0n) is 11.4. The van der Waals surface area contributed by atoms with Crippen molar-refractivity contribution < 1.29 is 8.78 Å². The van der Waals surface area contributed by atoms with E-state index in [0.29, 0.717) is 10.3 Å². The fourth-order valence-electron chi connectivity index (χ4n) is 2.07. The Labute approximate surface area is 124 Å². The molecule has 0 unspecified atom stereocenters. The second kappa shape index (κ2) is 5.21. The molecule has 1 heterocycles. The van der Waals surface area contributed by atoms with Gasteiger partial charge in [-0.3, -0.25) is 0 Å². The predicted octanol–water partition coefficient (Wildman–Crippen LogP) is 3.20. The van der Waals surface area contributed by atoms with Gasteiger partial charge in [0.05, 0.1) is 12.1 Å². The smallest absolute Gasteiger partial charge is 0.170 e. The summed E-state index contributed by atoms with van der Waals surface area (Å²) < 4.78 is 30.2. The summed E-state index contributed by atoms with van der Waals surface area (Å²) in [5, 5.41) is 7.84. The standard InChI is InChI=1S/C13H15BrF2N4/c1-13(2,3)20-10(6-17)18-19-12(20)11-8(15)4-7(14)5-9(11)16/h4-5H,6,17H2,1-3H3. The van der Waals surface area contributed by atoms with Crippen LogP contribution in [-0.2, 0) is 12.1 Å². The Morgan fingerprint density at radius 2 is 1.75 bits per heavy atom. The average molecular weight is 345 g/mol. The molecule has 0 saturated heterocycles. The summed E-state index contributed by atoms with van der Waals surface area (Å²) in [7, 11) is 0. The maximum Gasteiger partial charge on any atom is 0.170 e. The quantitative estimate of drug-likeness (QED) is 0.909. The summed E-state index contributed by atoms with van der Waals surface area (Å²) in [6.45, 7) is 5.83. The third kappa shape index (κ3) is 2.60. The Hall–Kier alpha value is -1.34. The minimum atomic E-state index is -0.696. The van der Waals surface area contributed by atoms with Gasteiger partial charge in [-0.25, -0.2) is 8.78 Å². The first-order chi connectivity index (χ1) is 9.25. The first-order valence-corrected chi connectivity index (χ1v) is 6.84. The first-order valence-electron chi connectivity index (χ1n) is 6.05. The number of nitrogens with zero attached hydrogens (tertiary/aromatic N) is 3. The van der Waals surface area contributed by atoms with Crippen molar-refractivity contribution >= 4 is 15.9 Å². The van der Waals surface area contributed by atoms with Gasteiger partial charge in [0.1, 0.15) is 17.5 Å². The van der Waals surface area contributed by atoms with Crippen molar-refractivity contribution in [2.45, 2.75) is 32.9 Å². The minimum Gasteiger partial charge on any atom is -0.324 e. The number of aromatic nitrogens is 3. The molecule has 0 radical (unpaired) electrons. The van der Waals surface area contributed by atoms with E-state index >= 15 is 0 Å². The average Bonchev–Trinajstić information content (AvgIpc) is 2.70. The Balaban J connectivity index is 2.75. The summed E-state index contributed by atoms with van der Waals surface area (Å²) in [4.78, 5) is 0. The fourth-order valence-corrected chi connectivity index (χ4v) is 2.47. The van der Waals surface area contributed by atoms with Crippen molar-refractivity contribution in [3.05, 3.63) is 34.1 Å². The summed E-state index contributed by atoms with van der Waals surface area (Å²) >= 11 is 3.05. The monoisotopic (exact) mass is 344 g/mol. The van der Waals surface area contributed by atoms with Crippen LogP contribution in [0.5, 0.6) is 0 Å². The first kappa shape index (κ1) is 15.1. The Morgan fingerprint density at radius 1 is 1.20 bits per heavy atom. The van der Waals surface area contributed by atoms with Crippen LogP contribution in [0.1, 0.15) is 26.6 Å². The van der Waals surface area contributed by atoms with Gasteiger partial charge in [-0.2, -0.15) is 0 Å². The van der Waals surface area contributed by atoms with Crippen LogP contribution in [0.15, 0.2) is 16.6 Å². The topological polar surface area (TPSA) is 56.7 Å². The fraction of sp³-hybridized carbons (Fsp3) is 0.385. The van der Waals surface area contributed by atoms with E-state index in [1.165, 1.54) is 12.1 Å². The lowest BCUT2D eigenvalue weighted by molar-refractivity contribution is 0.385. The van der Waals surface area contributed by atoms with Crippen LogP contribution >= 0.6 is 15.9 Å². The lowest BCUT2D eigenvalue weighted by atomic mass is 10.1. The van der Waals surface area contributed by atoms with Gasteiger partial charge in [0.15, 0.2) is 5.82 Å². The highest BCUT2D eigenvalue weighted by Gasteiger charge is 2.27. The van der Waals surface area contributed by atoms with Gasteiger partial charge in [-0.05, 0) is 32.9 Å². The number of hydrogen-bond donors (Lipinski definition) is 1. The van der Waals surface area contributed by atoms with Crippen molar-refractivity contribution in [2.24, 2.45) is 5.73 Å². The zero-order valence-corrected chi connectivity index (χ0v) is 13.0. The van der Waals surface area contributed by atoms with E-state index in [9.17, 15) is 8.78 Å². The van der Waals surface area contributed by atoms with Crippen LogP contribution in [0.25, 0.3) is 11.4 Å². The molecule has 0 aliphatic heterocycles. The van der Waals surface area contributed by atoms with E-state index in [1.807, 2.05) is 20.8 Å². The Kier molecular flexibility index (Phi) is 3.93. The van der Waals surface area contributed by atoms with E-state index in [4.69, 9.17) is 5.73 Å². The second-order valence-electron chi connectivity index (χ2n) is 5.39. The lowest BCUT2D eigenvalue weighted by Gasteiger charge is -2.25. The normalized spacial score (nSPS) is 11.9. The van der Waals surface area contributed by atoms with E-state index < -0.39 is 17.2 Å². The molecule has 0 saturated carbocycles. The molecule has 0 spiro atoms. The van der Waals surface area contributed by atoms with Gasteiger partial charge in [0, 0.05) is 10.0 Å². The molecule has 0 amide bonds. The van der Waals surface area contributed by atoms with Crippen molar-refractivity contribution in [2.75, 3.05) is 0 Å². The van der Waals surface area contributed by atoms with Gasteiger partial charge in [-0.15, -0.1) is 10.2 Å². The van der Waals surface area contributed by atoms with E-state index in [2.05, 4.69) is 26.1 Å². The molecule has 0 bridgehead atoms. The van der Waals surface area contributed by atoms with Crippen LogP contribution < -0.4 is 5.73 Å². The van der Waals surface area contributed by atoms with Crippen LogP contribution in [-0.4, -0.2) is 14.8 Å². The number of rotatable bonds is 2. The molecule has 0 fully saturated rings. The third-order valence-corrected chi connectivity index (χ3v) is 3.27. The largest absolute Gasteiger partial charge is 0.324 e. The molecule has 0 aliphatic rings. The number of halogens is 3. The molecule has 1 aromatic carbocycles. The highest BCUT2D eigenvalue weighted by Crippen LogP contribution is 2.31. The van der Waals surface area contributed by atoms with Crippen molar-refractivity contribution in [3.63, 3.8) is 0 Å². The molecule has 1 aromatic heterocycles. The maximum atomic E-state index is 14.1. The Morgan fingerprint density at radius 3 is 2.20 bits per heavy atom. The number of benzene rings is 1. The van der Waals surface area contributed by atoms with Gasteiger partial charge in [0.2, 0.25) is 0 Å². The predicted molar refractivity (Wildman–Crippen MR) is 76.0 cm³/mol. The van der Waals surface area contributed by atoms with Crippen LogP contribution in [0.3, 0.4) is 0 Å². The van der Waals surface area contributed by atoms with Crippen LogP contribution in [0.2, 0.25) is 0 Å². The highest BCUT2D eigenvalue weighted by atomic mass is 79.9. The van der Waals surface area contributed by atoms with Crippen LogP contribution in [0.4, 0.5) is 8.78 Å². The summed E-state index contributed by atoms with van der Waals surface area (Å²) in [6.07, 6.45) is 0. The number of hydrogen-bond acceptors (Lipinski definition) is 3. The van der Waals surface area contributed by atoms with Crippen LogP contribution in [0, 0.1) is 11.6 Å². The van der Waals surface area contributed by atoms with Crippen molar-refractivity contribution in [1.29, 1.82) is 0 Å². The van der Waals surface area contributed by atoms with Crippen molar-refractivity contribution in [3.8, 4) is 11.4 Å². The molecule has 108 valence electrons. The van der Waals surface area contributed by atoms with E-state index in [1.54, 1.807) is 4.57 Å². The molecule has 20 heavy (non-hydrogen) atoms. The summed E-state index contributed by atoms with van der Waals surface area (Å²) in [5.41, 5.74) is 4.98.